The van der Waals surface area contributed by atoms with Gasteiger partial charge in [0.05, 0.1) is 24.5 Å². The molecule has 2 heterocycles. The molecule has 2 aromatic heterocycles. The van der Waals surface area contributed by atoms with Gasteiger partial charge in [0.1, 0.15) is 11.3 Å². The zero-order chi connectivity index (χ0) is 16.4. The van der Waals surface area contributed by atoms with Crippen LogP contribution in [0.15, 0.2) is 45.6 Å². The maximum absolute atomic E-state index is 12.0. The van der Waals surface area contributed by atoms with Gasteiger partial charge in [0, 0.05) is 10.9 Å². The fraction of sp³-hybridized carbons (Fsp3) is 0.176. The molecule has 0 aliphatic carbocycles. The summed E-state index contributed by atoms with van der Waals surface area (Å²) in [6.07, 6.45) is 3.10. The molecule has 2 N–H and O–H groups in total. The summed E-state index contributed by atoms with van der Waals surface area (Å²) >= 11 is 0. The van der Waals surface area contributed by atoms with Gasteiger partial charge in [-0.25, -0.2) is 0 Å². The number of hydrazine groups is 1. The Labute approximate surface area is 132 Å². The Morgan fingerprint density at radius 1 is 1.09 bits per heavy atom. The first-order valence-electron chi connectivity index (χ1n) is 7.14. The molecular formula is C17H16N2O4. The lowest BCUT2D eigenvalue weighted by molar-refractivity contribution is -0.121. The highest BCUT2D eigenvalue weighted by Gasteiger charge is 2.14. The van der Waals surface area contributed by atoms with Gasteiger partial charge in [-0.05, 0) is 31.5 Å². The molecule has 2 amide bonds. The number of carbonyl (C=O) groups is 2. The number of hydrogen-bond acceptors (Lipinski definition) is 4. The molecule has 0 spiro atoms. The average molecular weight is 312 g/mol. The number of rotatable bonds is 3. The molecular weight excluding hydrogens is 296 g/mol. The molecule has 0 aliphatic rings. The van der Waals surface area contributed by atoms with Crippen LogP contribution in [-0.4, -0.2) is 11.8 Å². The smallest absolute Gasteiger partial charge is 0.273 e. The summed E-state index contributed by atoms with van der Waals surface area (Å²) in [5.41, 5.74) is 7.74. The highest BCUT2D eigenvalue weighted by Crippen LogP contribution is 2.22. The van der Waals surface area contributed by atoms with E-state index in [0.717, 1.165) is 22.1 Å². The van der Waals surface area contributed by atoms with Crippen molar-refractivity contribution >= 4 is 22.8 Å². The van der Waals surface area contributed by atoms with Gasteiger partial charge >= 0.3 is 0 Å². The van der Waals surface area contributed by atoms with Gasteiger partial charge in [-0.3, -0.25) is 20.4 Å². The van der Waals surface area contributed by atoms with E-state index < -0.39 is 5.91 Å². The first-order valence-corrected chi connectivity index (χ1v) is 7.14. The van der Waals surface area contributed by atoms with Crippen molar-refractivity contribution in [3.63, 3.8) is 0 Å². The van der Waals surface area contributed by atoms with Crippen LogP contribution in [0.5, 0.6) is 0 Å². The summed E-state index contributed by atoms with van der Waals surface area (Å²) in [5, 5.41) is 0.891. The van der Waals surface area contributed by atoms with Crippen LogP contribution >= 0.6 is 0 Å². The van der Waals surface area contributed by atoms with Gasteiger partial charge in [-0.1, -0.05) is 12.1 Å². The van der Waals surface area contributed by atoms with Crippen molar-refractivity contribution < 1.29 is 18.4 Å². The third-order valence-electron chi connectivity index (χ3n) is 3.58. The van der Waals surface area contributed by atoms with Crippen LogP contribution in [0.1, 0.15) is 27.2 Å². The molecule has 0 saturated carbocycles. The van der Waals surface area contributed by atoms with Gasteiger partial charge in [0.2, 0.25) is 5.91 Å². The Morgan fingerprint density at radius 3 is 2.65 bits per heavy atom. The van der Waals surface area contributed by atoms with Crippen LogP contribution in [0.2, 0.25) is 0 Å². The van der Waals surface area contributed by atoms with Crippen molar-refractivity contribution in [2.24, 2.45) is 0 Å². The second kappa shape index (κ2) is 6.00. The van der Waals surface area contributed by atoms with E-state index in [-0.39, 0.29) is 12.3 Å². The molecule has 0 radical (unpaired) electrons. The number of hydrogen-bond donors (Lipinski definition) is 2. The quantitative estimate of drug-likeness (QED) is 0.728. The maximum atomic E-state index is 12.0. The Bertz CT molecular complexity index is 876. The van der Waals surface area contributed by atoms with Gasteiger partial charge in [0.15, 0.2) is 0 Å². The Hall–Kier alpha value is -3.02. The van der Waals surface area contributed by atoms with Crippen LogP contribution in [-0.2, 0) is 11.2 Å². The van der Waals surface area contributed by atoms with Gasteiger partial charge in [0.25, 0.3) is 5.91 Å². The highest BCUT2D eigenvalue weighted by atomic mass is 16.3. The average Bonchev–Trinajstić information content (AvgIpc) is 3.11. The minimum atomic E-state index is -0.419. The van der Waals surface area contributed by atoms with E-state index in [9.17, 15) is 9.59 Å². The summed E-state index contributed by atoms with van der Waals surface area (Å²) in [5.74, 6) is -0.256. The monoisotopic (exact) mass is 312 g/mol. The highest BCUT2D eigenvalue weighted by molar-refractivity contribution is 5.96. The van der Waals surface area contributed by atoms with Gasteiger partial charge in [-0.2, -0.15) is 0 Å². The van der Waals surface area contributed by atoms with Crippen LogP contribution in [0, 0.1) is 13.8 Å². The lowest BCUT2D eigenvalue weighted by Crippen LogP contribution is -2.42. The Morgan fingerprint density at radius 2 is 1.91 bits per heavy atom. The van der Waals surface area contributed by atoms with E-state index in [1.54, 1.807) is 19.3 Å². The summed E-state index contributed by atoms with van der Waals surface area (Å²) in [6, 6.07) is 7.34. The van der Waals surface area contributed by atoms with Gasteiger partial charge < -0.3 is 8.83 Å². The lowest BCUT2D eigenvalue weighted by atomic mass is 10.1. The molecule has 3 rings (SSSR count). The van der Waals surface area contributed by atoms with Gasteiger partial charge in [-0.15, -0.1) is 0 Å². The van der Waals surface area contributed by atoms with E-state index in [1.165, 1.54) is 6.26 Å². The molecule has 0 unspecified atom stereocenters. The van der Waals surface area contributed by atoms with E-state index in [2.05, 4.69) is 10.9 Å². The number of furan rings is 2. The molecule has 0 fully saturated rings. The third-order valence-corrected chi connectivity index (χ3v) is 3.58. The maximum Gasteiger partial charge on any atom is 0.273 e. The zero-order valence-electron chi connectivity index (χ0n) is 12.8. The normalized spacial score (nSPS) is 10.7. The number of amides is 2. The van der Waals surface area contributed by atoms with Crippen molar-refractivity contribution in [2.45, 2.75) is 20.3 Å². The molecule has 0 saturated heterocycles. The molecule has 23 heavy (non-hydrogen) atoms. The number of nitrogens with one attached hydrogen (secondary N) is 2. The topological polar surface area (TPSA) is 84.5 Å². The molecule has 0 aliphatic heterocycles. The van der Waals surface area contributed by atoms with E-state index in [4.69, 9.17) is 8.83 Å². The van der Waals surface area contributed by atoms with Crippen molar-refractivity contribution in [3.8, 4) is 0 Å². The predicted octanol–water partition coefficient (Wildman–Crippen LogP) is 2.65. The first-order chi connectivity index (χ1) is 11.0. The molecule has 118 valence electrons. The number of carbonyl (C=O) groups excluding carboxylic acids is 2. The van der Waals surface area contributed by atoms with Crippen LogP contribution in [0.4, 0.5) is 0 Å². The first kappa shape index (κ1) is 14.9. The number of fused-ring (bicyclic) bond motifs is 1. The molecule has 0 bridgehead atoms. The van der Waals surface area contributed by atoms with E-state index >= 15 is 0 Å². The zero-order valence-corrected chi connectivity index (χ0v) is 12.8. The van der Waals surface area contributed by atoms with Crippen LogP contribution in [0.25, 0.3) is 11.0 Å². The fourth-order valence-corrected chi connectivity index (χ4v) is 2.36. The van der Waals surface area contributed by atoms with Crippen LogP contribution < -0.4 is 10.9 Å². The van der Waals surface area contributed by atoms with Crippen LogP contribution in [0.3, 0.4) is 0 Å². The number of aryl methyl sites for hydroxylation is 2. The molecule has 6 heteroatoms. The second-order valence-corrected chi connectivity index (χ2v) is 5.33. The fourth-order valence-electron chi connectivity index (χ4n) is 2.36. The molecule has 6 nitrogen and oxygen atoms in total. The van der Waals surface area contributed by atoms with Crippen molar-refractivity contribution in [3.05, 3.63) is 59.2 Å². The van der Waals surface area contributed by atoms with E-state index in [1.807, 2.05) is 25.1 Å². The second-order valence-electron chi connectivity index (χ2n) is 5.33. The summed E-state index contributed by atoms with van der Waals surface area (Å²) in [7, 11) is 0. The molecule has 1 aromatic carbocycles. The van der Waals surface area contributed by atoms with Crippen molar-refractivity contribution in [1.29, 1.82) is 0 Å². The summed E-state index contributed by atoms with van der Waals surface area (Å²) in [6.45, 7) is 3.65. The Kier molecular flexibility index (Phi) is 3.89. The largest absolute Gasteiger partial charge is 0.469 e. The standard InChI is InChI=1S/C17H16N2O4/c1-10-3-4-14-12(9-23-15(14)7-10)8-16(20)18-19-17(21)13-5-6-22-11(13)2/h3-7,9H,8H2,1-2H3,(H,18,20)(H,19,21). The summed E-state index contributed by atoms with van der Waals surface area (Å²) in [4.78, 5) is 23.9. The van der Waals surface area contributed by atoms with Crippen molar-refractivity contribution in [2.75, 3.05) is 0 Å². The SMILES string of the molecule is Cc1ccc2c(CC(=O)NNC(=O)c3ccoc3C)coc2c1. The summed E-state index contributed by atoms with van der Waals surface area (Å²) < 4.78 is 10.5. The molecule has 0 atom stereocenters. The minimum absolute atomic E-state index is 0.112. The third kappa shape index (κ3) is 3.11. The Balaban J connectivity index is 1.63. The van der Waals surface area contributed by atoms with Crippen molar-refractivity contribution in [1.82, 2.24) is 10.9 Å². The van der Waals surface area contributed by atoms with E-state index in [0.29, 0.717) is 11.3 Å². The number of benzene rings is 1. The predicted molar refractivity (Wildman–Crippen MR) is 83.7 cm³/mol. The minimum Gasteiger partial charge on any atom is -0.469 e. The molecule has 3 aromatic rings. The lowest BCUT2D eigenvalue weighted by Gasteiger charge is -2.06.